The standard InChI is InChI=1S/C21H25FN2O3/c1-13(2)18-10-15(11-20(25)23-18)21(26)24(3)17-8-9-27-19(12-17)14-4-6-16(22)7-5-14/h4-7,10-11,13,17,19H,8-9,12H2,1-3H3,(H,23,25). The van der Waals surface area contributed by atoms with E-state index in [9.17, 15) is 14.0 Å². The highest BCUT2D eigenvalue weighted by Crippen LogP contribution is 2.31. The minimum absolute atomic E-state index is 0.0110. The lowest BCUT2D eigenvalue weighted by Gasteiger charge is -2.35. The zero-order valence-corrected chi connectivity index (χ0v) is 15.9. The average molecular weight is 372 g/mol. The van der Waals surface area contributed by atoms with Gasteiger partial charge >= 0.3 is 0 Å². The van der Waals surface area contributed by atoms with Crippen molar-refractivity contribution in [2.24, 2.45) is 0 Å². The van der Waals surface area contributed by atoms with Gasteiger partial charge in [0.1, 0.15) is 5.82 Å². The van der Waals surface area contributed by atoms with Gasteiger partial charge in [0.05, 0.1) is 6.10 Å². The molecule has 2 aromatic rings. The number of H-pyrrole nitrogens is 1. The number of carbonyl (C=O) groups is 1. The van der Waals surface area contributed by atoms with Gasteiger partial charge in [-0.3, -0.25) is 9.59 Å². The first-order valence-electron chi connectivity index (χ1n) is 9.23. The molecule has 2 atom stereocenters. The van der Waals surface area contributed by atoms with Crippen molar-refractivity contribution in [1.82, 2.24) is 9.88 Å². The van der Waals surface area contributed by atoms with E-state index >= 15 is 0 Å². The molecule has 1 fully saturated rings. The summed E-state index contributed by atoms with van der Waals surface area (Å²) in [7, 11) is 1.76. The van der Waals surface area contributed by atoms with E-state index in [0.29, 0.717) is 18.6 Å². The Hall–Kier alpha value is -2.47. The van der Waals surface area contributed by atoms with Crippen LogP contribution in [-0.4, -0.2) is 35.5 Å². The van der Waals surface area contributed by atoms with Gasteiger partial charge in [-0.2, -0.15) is 0 Å². The zero-order valence-electron chi connectivity index (χ0n) is 15.9. The Balaban J connectivity index is 1.76. The number of hydrogen-bond donors (Lipinski definition) is 1. The van der Waals surface area contributed by atoms with Crippen LogP contribution in [0.25, 0.3) is 0 Å². The molecule has 144 valence electrons. The second-order valence-electron chi connectivity index (χ2n) is 7.35. The number of ether oxygens (including phenoxy) is 1. The largest absolute Gasteiger partial charge is 0.373 e. The lowest BCUT2D eigenvalue weighted by atomic mass is 9.96. The maximum atomic E-state index is 13.2. The van der Waals surface area contributed by atoms with Crippen LogP contribution in [0.5, 0.6) is 0 Å². The van der Waals surface area contributed by atoms with E-state index in [1.54, 1.807) is 30.1 Å². The fourth-order valence-electron chi connectivity index (χ4n) is 3.41. The first kappa shape index (κ1) is 19.3. The van der Waals surface area contributed by atoms with Gasteiger partial charge in [-0.15, -0.1) is 0 Å². The molecule has 2 heterocycles. The second-order valence-corrected chi connectivity index (χ2v) is 7.35. The summed E-state index contributed by atoms with van der Waals surface area (Å²) in [6.45, 7) is 4.46. The third-order valence-electron chi connectivity index (χ3n) is 5.10. The van der Waals surface area contributed by atoms with Crippen LogP contribution in [0, 0.1) is 5.82 Å². The van der Waals surface area contributed by atoms with Crippen LogP contribution in [-0.2, 0) is 4.74 Å². The number of aromatic amines is 1. The maximum Gasteiger partial charge on any atom is 0.254 e. The third-order valence-corrected chi connectivity index (χ3v) is 5.10. The normalized spacial score (nSPS) is 19.9. The molecule has 1 amide bonds. The number of hydrogen-bond acceptors (Lipinski definition) is 3. The van der Waals surface area contributed by atoms with Crippen LogP contribution in [0.4, 0.5) is 4.39 Å². The van der Waals surface area contributed by atoms with E-state index in [1.807, 2.05) is 13.8 Å². The molecule has 3 rings (SSSR count). The van der Waals surface area contributed by atoms with E-state index in [0.717, 1.165) is 17.7 Å². The molecule has 1 aromatic carbocycles. The summed E-state index contributed by atoms with van der Waals surface area (Å²) in [5, 5.41) is 0. The van der Waals surface area contributed by atoms with Crippen molar-refractivity contribution in [3.05, 3.63) is 69.4 Å². The topological polar surface area (TPSA) is 62.4 Å². The highest BCUT2D eigenvalue weighted by molar-refractivity contribution is 5.94. The molecular weight excluding hydrogens is 347 g/mol. The predicted molar refractivity (Wildman–Crippen MR) is 101 cm³/mol. The van der Waals surface area contributed by atoms with Gasteiger partial charge in [0.15, 0.2) is 0 Å². The number of amides is 1. The Labute approximate surface area is 158 Å². The first-order valence-corrected chi connectivity index (χ1v) is 9.23. The second kappa shape index (κ2) is 8.05. The number of rotatable bonds is 4. The van der Waals surface area contributed by atoms with Gasteiger partial charge in [-0.25, -0.2) is 4.39 Å². The Morgan fingerprint density at radius 2 is 1.96 bits per heavy atom. The Bertz CT molecular complexity index is 860. The molecule has 27 heavy (non-hydrogen) atoms. The molecule has 6 heteroatoms. The summed E-state index contributed by atoms with van der Waals surface area (Å²) < 4.78 is 19.0. The van der Waals surface area contributed by atoms with Gasteiger partial charge in [-0.1, -0.05) is 26.0 Å². The molecule has 1 saturated heterocycles. The minimum atomic E-state index is -0.284. The zero-order chi connectivity index (χ0) is 19.6. The van der Waals surface area contributed by atoms with Crippen molar-refractivity contribution < 1.29 is 13.9 Å². The van der Waals surface area contributed by atoms with Gasteiger partial charge in [0.25, 0.3) is 5.91 Å². The fourth-order valence-corrected chi connectivity index (χ4v) is 3.41. The van der Waals surface area contributed by atoms with Crippen molar-refractivity contribution in [1.29, 1.82) is 0 Å². The smallest absolute Gasteiger partial charge is 0.254 e. The lowest BCUT2D eigenvalue weighted by molar-refractivity contribution is -0.0197. The quantitative estimate of drug-likeness (QED) is 0.891. The van der Waals surface area contributed by atoms with Crippen molar-refractivity contribution in [2.45, 2.75) is 44.8 Å². The van der Waals surface area contributed by atoms with E-state index in [-0.39, 0.29) is 35.3 Å². The Kier molecular flexibility index (Phi) is 5.75. The van der Waals surface area contributed by atoms with Crippen molar-refractivity contribution in [3.8, 4) is 0 Å². The molecule has 0 aliphatic carbocycles. The van der Waals surface area contributed by atoms with Crippen molar-refractivity contribution in [2.75, 3.05) is 13.7 Å². The SMILES string of the molecule is CC(C)c1cc(C(=O)N(C)C2CCOC(c3ccc(F)cc3)C2)cc(=O)[nH]1. The van der Waals surface area contributed by atoms with Crippen LogP contribution in [0.15, 0.2) is 41.2 Å². The van der Waals surface area contributed by atoms with Gasteiger partial charge in [0.2, 0.25) is 5.56 Å². The van der Waals surface area contributed by atoms with E-state index in [4.69, 9.17) is 4.74 Å². The molecule has 1 aliphatic rings. The molecule has 0 spiro atoms. The number of carbonyl (C=O) groups excluding carboxylic acids is 1. The van der Waals surface area contributed by atoms with Gasteiger partial charge < -0.3 is 14.6 Å². The Morgan fingerprint density at radius 3 is 2.63 bits per heavy atom. The number of halogens is 1. The minimum Gasteiger partial charge on any atom is -0.373 e. The van der Waals surface area contributed by atoms with E-state index < -0.39 is 0 Å². The molecular formula is C21H25FN2O3. The van der Waals surface area contributed by atoms with Crippen LogP contribution < -0.4 is 5.56 Å². The molecule has 0 radical (unpaired) electrons. The molecule has 1 aliphatic heterocycles. The Morgan fingerprint density at radius 1 is 1.26 bits per heavy atom. The number of nitrogens with zero attached hydrogens (tertiary/aromatic N) is 1. The lowest BCUT2D eigenvalue weighted by Crippen LogP contribution is -2.41. The molecule has 1 N–H and O–H groups in total. The first-order chi connectivity index (χ1) is 12.8. The summed E-state index contributed by atoms with van der Waals surface area (Å²) in [4.78, 5) is 29.3. The highest BCUT2D eigenvalue weighted by Gasteiger charge is 2.29. The van der Waals surface area contributed by atoms with Crippen LogP contribution in [0.1, 0.15) is 60.3 Å². The summed E-state index contributed by atoms with van der Waals surface area (Å²) >= 11 is 0. The van der Waals surface area contributed by atoms with E-state index in [1.165, 1.54) is 18.2 Å². The van der Waals surface area contributed by atoms with E-state index in [2.05, 4.69) is 4.98 Å². The number of aromatic nitrogens is 1. The van der Waals surface area contributed by atoms with Crippen molar-refractivity contribution in [3.63, 3.8) is 0 Å². The van der Waals surface area contributed by atoms with Gasteiger partial charge in [0, 0.05) is 37.0 Å². The summed E-state index contributed by atoms with van der Waals surface area (Å²) in [6, 6.07) is 9.36. The predicted octanol–water partition coefficient (Wildman–Crippen LogP) is 3.63. The average Bonchev–Trinajstić information content (AvgIpc) is 2.67. The van der Waals surface area contributed by atoms with Crippen LogP contribution >= 0.6 is 0 Å². The summed E-state index contributed by atoms with van der Waals surface area (Å²) in [5.41, 5.74) is 1.78. The summed E-state index contributed by atoms with van der Waals surface area (Å²) in [6.07, 6.45) is 1.18. The number of pyridine rings is 1. The molecule has 1 aromatic heterocycles. The highest BCUT2D eigenvalue weighted by atomic mass is 19.1. The third kappa shape index (κ3) is 4.45. The molecule has 2 unspecified atom stereocenters. The summed E-state index contributed by atoms with van der Waals surface area (Å²) in [5.74, 6) is -0.330. The number of nitrogens with one attached hydrogen (secondary N) is 1. The monoisotopic (exact) mass is 372 g/mol. The van der Waals surface area contributed by atoms with Crippen molar-refractivity contribution >= 4 is 5.91 Å². The molecule has 5 nitrogen and oxygen atoms in total. The maximum absolute atomic E-state index is 13.2. The molecule has 0 saturated carbocycles. The number of benzene rings is 1. The fraction of sp³-hybridized carbons (Fsp3) is 0.429. The van der Waals surface area contributed by atoms with Crippen LogP contribution in [0.3, 0.4) is 0 Å². The van der Waals surface area contributed by atoms with Crippen LogP contribution in [0.2, 0.25) is 0 Å². The van der Waals surface area contributed by atoms with Gasteiger partial charge in [-0.05, 0) is 42.5 Å². The molecule has 0 bridgehead atoms.